The molecule has 2 aromatic carbocycles. The van der Waals surface area contributed by atoms with Crippen LogP contribution >= 0.6 is 11.8 Å². The van der Waals surface area contributed by atoms with E-state index in [4.69, 9.17) is 5.11 Å². The second-order valence-electron chi connectivity index (χ2n) is 4.12. The number of nitrogens with one attached hydrogen (secondary N) is 1. The number of aromatic carboxylic acids is 1. The molecule has 0 heterocycles. The summed E-state index contributed by atoms with van der Waals surface area (Å²) in [4.78, 5) is 22.4. The molecule has 6 nitrogen and oxygen atoms in total. The van der Waals surface area contributed by atoms with Crippen LogP contribution in [0.2, 0.25) is 0 Å². The molecule has 0 saturated carbocycles. The molecule has 2 N–H and O–H groups in total. The largest absolute Gasteiger partial charge is 0.478 e. The second kappa shape index (κ2) is 6.27. The first-order valence-corrected chi connectivity index (χ1v) is 7.17. The van der Waals surface area contributed by atoms with Gasteiger partial charge in [-0.05, 0) is 30.5 Å². The summed E-state index contributed by atoms with van der Waals surface area (Å²) in [5.74, 6) is -1.13. The summed E-state index contributed by atoms with van der Waals surface area (Å²) in [5, 5.41) is 23.0. The predicted molar refractivity (Wildman–Crippen MR) is 81.6 cm³/mol. The van der Waals surface area contributed by atoms with Gasteiger partial charge in [-0.3, -0.25) is 10.1 Å². The number of nitrogens with zero attached hydrogens (tertiary/aromatic N) is 1. The predicted octanol–water partition coefficient (Wildman–Crippen LogP) is 3.76. The monoisotopic (exact) mass is 304 g/mol. The van der Waals surface area contributed by atoms with Gasteiger partial charge in [0.05, 0.1) is 16.2 Å². The molecule has 108 valence electrons. The summed E-state index contributed by atoms with van der Waals surface area (Å²) >= 11 is 1.49. The lowest BCUT2D eigenvalue weighted by molar-refractivity contribution is -0.383. The number of anilines is 2. The molecule has 0 bridgehead atoms. The number of benzene rings is 2. The van der Waals surface area contributed by atoms with Crippen molar-refractivity contribution in [2.45, 2.75) is 4.90 Å². The fraction of sp³-hybridized carbons (Fsp3) is 0.0714. The fourth-order valence-electron chi connectivity index (χ4n) is 1.82. The molecule has 0 unspecified atom stereocenters. The number of carbonyl (C=O) groups is 1. The Balaban J connectivity index is 2.48. The number of carboxylic acids is 1. The summed E-state index contributed by atoms with van der Waals surface area (Å²) < 4.78 is 0. The van der Waals surface area contributed by atoms with Crippen molar-refractivity contribution in [2.24, 2.45) is 0 Å². The maximum Gasteiger partial charge on any atom is 0.335 e. The first-order valence-electron chi connectivity index (χ1n) is 5.94. The van der Waals surface area contributed by atoms with Gasteiger partial charge in [0.2, 0.25) is 0 Å². The van der Waals surface area contributed by atoms with Crippen molar-refractivity contribution in [3.05, 3.63) is 58.1 Å². The van der Waals surface area contributed by atoms with Gasteiger partial charge in [0.25, 0.3) is 5.69 Å². The molecule has 7 heteroatoms. The van der Waals surface area contributed by atoms with Gasteiger partial charge in [-0.25, -0.2) is 4.79 Å². The van der Waals surface area contributed by atoms with E-state index in [2.05, 4.69) is 5.32 Å². The summed E-state index contributed by atoms with van der Waals surface area (Å²) in [6.45, 7) is 0. The molecule has 0 fully saturated rings. The number of nitro benzene ring substituents is 1. The van der Waals surface area contributed by atoms with E-state index in [0.717, 1.165) is 4.90 Å². The molecule has 0 aromatic heterocycles. The average molecular weight is 304 g/mol. The van der Waals surface area contributed by atoms with E-state index in [1.54, 1.807) is 12.1 Å². The molecule has 0 aliphatic carbocycles. The van der Waals surface area contributed by atoms with Gasteiger partial charge in [0, 0.05) is 11.0 Å². The Labute approximate surface area is 125 Å². The third-order valence-electron chi connectivity index (χ3n) is 2.82. The van der Waals surface area contributed by atoms with Crippen molar-refractivity contribution in [3.8, 4) is 0 Å². The zero-order valence-corrected chi connectivity index (χ0v) is 11.9. The molecule has 0 amide bonds. The molecule has 21 heavy (non-hydrogen) atoms. The zero-order chi connectivity index (χ0) is 15.4. The topological polar surface area (TPSA) is 92.5 Å². The summed E-state index contributed by atoms with van der Waals surface area (Å²) in [5.41, 5.74) is 0.665. The average Bonchev–Trinajstić information content (AvgIpc) is 2.47. The number of hydrogen-bond acceptors (Lipinski definition) is 5. The lowest BCUT2D eigenvalue weighted by Crippen LogP contribution is -2.02. The van der Waals surface area contributed by atoms with Crippen molar-refractivity contribution >= 4 is 34.8 Å². The third kappa shape index (κ3) is 3.32. The molecule has 2 rings (SSSR count). The molecule has 0 radical (unpaired) electrons. The van der Waals surface area contributed by atoms with Crippen LogP contribution in [0, 0.1) is 10.1 Å². The van der Waals surface area contributed by atoms with Gasteiger partial charge in [-0.1, -0.05) is 12.1 Å². The summed E-state index contributed by atoms with van der Waals surface area (Å²) in [6.07, 6.45) is 1.89. The van der Waals surface area contributed by atoms with Gasteiger partial charge in [0.1, 0.15) is 5.69 Å². The van der Waals surface area contributed by atoms with Gasteiger partial charge in [0.15, 0.2) is 0 Å². The highest BCUT2D eigenvalue weighted by molar-refractivity contribution is 7.98. The molecule has 0 saturated heterocycles. The Kier molecular flexibility index (Phi) is 4.44. The number of thioether (sulfide) groups is 1. The third-order valence-corrected chi connectivity index (χ3v) is 3.61. The van der Waals surface area contributed by atoms with Crippen molar-refractivity contribution in [1.82, 2.24) is 0 Å². The van der Waals surface area contributed by atoms with Crippen molar-refractivity contribution in [1.29, 1.82) is 0 Å². The smallest absolute Gasteiger partial charge is 0.335 e. The van der Waals surface area contributed by atoms with E-state index < -0.39 is 10.9 Å². The van der Waals surface area contributed by atoms with Crippen molar-refractivity contribution < 1.29 is 14.8 Å². The fourth-order valence-corrected chi connectivity index (χ4v) is 2.38. The number of carboxylic acid groups (broad SMARTS) is 1. The second-order valence-corrected chi connectivity index (χ2v) is 4.97. The standard InChI is InChI=1S/C14H12N2O4S/c1-21-13-5-3-2-4-10(13)15-11-8-9(14(17)18)6-7-12(11)16(19)20/h2-8,15H,1H3,(H,17,18). The molecular formula is C14H12N2O4S. The molecular weight excluding hydrogens is 292 g/mol. The van der Waals surface area contributed by atoms with Crippen LogP contribution in [0.15, 0.2) is 47.4 Å². The summed E-state index contributed by atoms with van der Waals surface area (Å²) in [6, 6.07) is 11.0. The molecule has 0 spiro atoms. The lowest BCUT2D eigenvalue weighted by atomic mass is 10.1. The first-order chi connectivity index (χ1) is 10.0. The number of rotatable bonds is 5. The number of hydrogen-bond donors (Lipinski definition) is 2. The van der Waals surface area contributed by atoms with Gasteiger partial charge in [-0.2, -0.15) is 0 Å². The number of nitro groups is 1. The highest BCUT2D eigenvalue weighted by Crippen LogP contribution is 2.32. The van der Waals surface area contributed by atoms with Crippen LogP contribution in [0.25, 0.3) is 0 Å². The molecule has 0 aliphatic rings. The van der Waals surface area contributed by atoms with E-state index in [1.807, 2.05) is 18.4 Å². The minimum atomic E-state index is -1.13. The highest BCUT2D eigenvalue weighted by Gasteiger charge is 2.17. The van der Waals surface area contributed by atoms with E-state index in [9.17, 15) is 14.9 Å². The normalized spacial score (nSPS) is 10.1. The van der Waals surface area contributed by atoms with E-state index in [-0.39, 0.29) is 16.9 Å². The van der Waals surface area contributed by atoms with Crippen LogP contribution in [0.1, 0.15) is 10.4 Å². The number of para-hydroxylation sites is 1. The van der Waals surface area contributed by atoms with E-state index in [0.29, 0.717) is 5.69 Å². The minimum absolute atomic E-state index is 0.00951. The van der Waals surface area contributed by atoms with Crippen LogP contribution in [0.3, 0.4) is 0 Å². The van der Waals surface area contributed by atoms with Crippen LogP contribution in [-0.2, 0) is 0 Å². The first kappa shape index (κ1) is 14.9. The van der Waals surface area contributed by atoms with Crippen LogP contribution < -0.4 is 5.32 Å². The molecule has 0 aliphatic heterocycles. The van der Waals surface area contributed by atoms with Crippen molar-refractivity contribution in [2.75, 3.05) is 11.6 Å². The lowest BCUT2D eigenvalue weighted by Gasteiger charge is -2.11. The van der Waals surface area contributed by atoms with Crippen LogP contribution in [0.4, 0.5) is 17.1 Å². The van der Waals surface area contributed by atoms with Gasteiger partial charge in [-0.15, -0.1) is 11.8 Å². The maximum absolute atomic E-state index is 11.1. The van der Waals surface area contributed by atoms with E-state index in [1.165, 1.54) is 30.0 Å². The van der Waals surface area contributed by atoms with Gasteiger partial charge >= 0.3 is 5.97 Å². The van der Waals surface area contributed by atoms with E-state index >= 15 is 0 Å². The molecule has 2 aromatic rings. The Morgan fingerprint density at radius 3 is 2.57 bits per heavy atom. The van der Waals surface area contributed by atoms with Crippen LogP contribution in [0.5, 0.6) is 0 Å². The van der Waals surface area contributed by atoms with Gasteiger partial charge < -0.3 is 10.4 Å². The quantitative estimate of drug-likeness (QED) is 0.496. The zero-order valence-electron chi connectivity index (χ0n) is 11.1. The summed E-state index contributed by atoms with van der Waals surface area (Å²) in [7, 11) is 0. The highest BCUT2D eigenvalue weighted by atomic mass is 32.2. The molecule has 0 atom stereocenters. The Morgan fingerprint density at radius 1 is 1.24 bits per heavy atom. The van der Waals surface area contributed by atoms with Crippen LogP contribution in [-0.4, -0.2) is 22.3 Å². The Morgan fingerprint density at radius 2 is 1.95 bits per heavy atom. The SMILES string of the molecule is CSc1ccccc1Nc1cc(C(=O)O)ccc1[N+](=O)[O-]. The van der Waals surface area contributed by atoms with Crippen molar-refractivity contribution in [3.63, 3.8) is 0 Å². The minimum Gasteiger partial charge on any atom is -0.478 e. The Hall–Kier alpha value is -2.54. The Bertz CT molecular complexity index is 703. The maximum atomic E-state index is 11.1.